The minimum absolute atomic E-state index is 0.275. The van der Waals surface area contributed by atoms with Gasteiger partial charge in [-0.3, -0.25) is 15.3 Å². The predicted molar refractivity (Wildman–Crippen MR) is 81.2 cm³/mol. The summed E-state index contributed by atoms with van der Waals surface area (Å²) in [7, 11) is 0. The van der Waals surface area contributed by atoms with Crippen molar-refractivity contribution in [3.63, 3.8) is 0 Å². The molecule has 22 heavy (non-hydrogen) atoms. The number of hydroxylamine groups is 1. The van der Waals surface area contributed by atoms with Gasteiger partial charge in [0.15, 0.2) is 0 Å². The maximum atomic E-state index is 11.8. The van der Waals surface area contributed by atoms with Gasteiger partial charge in [0.05, 0.1) is 0 Å². The molecule has 0 bridgehead atoms. The maximum absolute atomic E-state index is 11.8. The first-order chi connectivity index (χ1) is 10.6. The number of nitrogens with one attached hydrogen (secondary N) is 2. The average Bonchev–Trinajstić information content (AvgIpc) is 2.55. The van der Waals surface area contributed by atoms with Gasteiger partial charge >= 0.3 is 6.09 Å². The Morgan fingerprint density at radius 1 is 1.05 bits per heavy atom. The summed E-state index contributed by atoms with van der Waals surface area (Å²) >= 11 is 0. The fraction of sp³-hybridized carbons (Fsp3) is 0.125. The lowest BCUT2D eigenvalue weighted by Crippen LogP contribution is -2.19. The van der Waals surface area contributed by atoms with Crippen molar-refractivity contribution in [2.24, 2.45) is 0 Å². The molecule has 0 atom stereocenters. The first-order valence-electron chi connectivity index (χ1n) is 6.74. The molecule has 3 N–H and O–H groups in total. The van der Waals surface area contributed by atoms with Crippen LogP contribution in [0.1, 0.15) is 22.8 Å². The summed E-state index contributed by atoms with van der Waals surface area (Å²) in [5, 5.41) is 11.1. The summed E-state index contributed by atoms with van der Waals surface area (Å²) in [5.41, 5.74) is 3.44. The van der Waals surface area contributed by atoms with Crippen molar-refractivity contribution in [1.29, 1.82) is 0 Å². The molecular formula is C16H16N2O4. The SMILES string of the molecule is CCc1ccc(OC(=O)Nc2ccc(C(=O)NO)cc2)cc1. The minimum Gasteiger partial charge on any atom is -0.410 e. The number of hydrogen-bond acceptors (Lipinski definition) is 4. The molecule has 2 amide bonds. The minimum atomic E-state index is -0.622. The van der Waals surface area contributed by atoms with Crippen molar-refractivity contribution in [3.8, 4) is 5.75 Å². The van der Waals surface area contributed by atoms with Gasteiger partial charge in [-0.25, -0.2) is 10.3 Å². The molecule has 0 saturated carbocycles. The Kier molecular flexibility index (Phi) is 5.11. The molecule has 0 unspecified atom stereocenters. The first-order valence-corrected chi connectivity index (χ1v) is 6.74. The highest BCUT2D eigenvalue weighted by Crippen LogP contribution is 2.14. The molecule has 0 radical (unpaired) electrons. The van der Waals surface area contributed by atoms with Crippen molar-refractivity contribution in [3.05, 3.63) is 59.7 Å². The zero-order valence-electron chi connectivity index (χ0n) is 12.0. The molecule has 2 aromatic rings. The Balaban J connectivity index is 1.94. The molecule has 0 fully saturated rings. The lowest BCUT2D eigenvalue weighted by Gasteiger charge is -2.07. The summed E-state index contributed by atoms with van der Waals surface area (Å²) in [6.45, 7) is 2.04. The van der Waals surface area contributed by atoms with E-state index in [0.29, 0.717) is 11.4 Å². The van der Waals surface area contributed by atoms with Gasteiger partial charge < -0.3 is 4.74 Å². The van der Waals surface area contributed by atoms with Gasteiger partial charge in [0.2, 0.25) is 0 Å². The van der Waals surface area contributed by atoms with Crippen molar-refractivity contribution < 1.29 is 19.5 Å². The largest absolute Gasteiger partial charge is 0.417 e. The van der Waals surface area contributed by atoms with E-state index in [0.717, 1.165) is 12.0 Å². The standard InChI is InChI=1S/C16H16N2O4/c1-2-11-3-9-14(10-4-11)22-16(20)17-13-7-5-12(6-8-13)15(19)18-21/h3-10,21H,2H2,1H3,(H,17,20)(H,18,19). The highest BCUT2D eigenvalue weighted by molar-refractivity contribution is 5.94. The normalized spacial score (nSPS) is 9.91. The lowest BCUT2D eigenvalue weighted by atomic mass is 10.2. The fourth-order valence-corrected chi connectivity index (χ4v) is 1.81. The number of anilines is 1. The van der Waals surface area contributed by atoms with E-state index in [-0.39, 0.29) is 5.56 Å². The maximum Gasteiger partial charge on any atom is 0.417 e. The smallest absolute Gasteiger partial charge is 0.410 e. The Hall–Kier alpha value is -2.86. The molecule has 2 rings (SSSR count). The van der Waals surface area contributed by atoms with Gasteiger partial charge in [-0.1, -0.05) is 19.1 Å². The highest BCUT2D eigenvalue weighted by atomic mass is 16.6. The van der Waals surface area contributed by atoms with Gasteiger partial charge in [0, 0.05) is 11.3 Å². The molecule has 0 saturated heterocycles. The van der Waals surface area contributed by atoms with E-state index >= 15 is 0 Å². The molecule has 114 valence electrons. The van der Waals surface area contributed by atoms with Crippen LogP contribution in [0.25, 0.3) is 0 Å². The molecule has 0 heterocycles. The van der Waals surface area contributed by atoms with Gasteiger partial charge in [0.25, 0.3) is 5.91 Å². The number of carbonyl (C=O) groups is 2. The molecule has 0 aliphatic rings. The lowest BCUT2D eigenvalue weighted by molar-refractivity contribution is 0.0706. The number of rotatable bonds is 4. The van der Waals surface area contributed by atoms with Crippen molar-refractivity contribution in [1.82, 2.24) is 5.48 Å². The van der Waals surface area contributed by atoms with E-state index in [4.69, 9.17) is 9.94 Å². The van der Waals surface area contributed by atoms with Gasteiger partial charge in [-0.2, -0.15) is 0 Å². The van der Waals surface area contributed by atoms with Crippen LogP contribution in [-0.2, 0) is 6.42 Å². The number of ether oxygens (including phenoxy) is 1. The van der Waals surface area contributed by atoms with Crippen LogP contribution in [0.2, 0.25) is 0 Å². The highest BCUT2D eigenvalue weighted by Gasteiger charge is 2.07. The molecule has 0 aliphatic carbocycles. The number of amides is 2. The summed E-state index contributed by atoms with van der Waals surface area (Å²) in [6.07, 6.45) is 0.295. The van der Waals surface area contributed by atoms with Crippen molar-refractivity contribution in [2.45, 2.75) is 13.3 Å². The zero-order valence-corrected chi connectivity index (χ0v) is 12.0. The van der Waals surface area contributed by atoms with Crippen LogP contribution in [-0.4, -0.2) is 17.2 Å². The van der Waals surface area contributed by atoms with E-state index in [1.807, 2.05) is 19.1 Å². The van der Waals surface area contributed by atoms with E-state index in [2.05, 4.69) is 5.32 Å². The van der Waals surface area contributed by atoms with Crippen LogP contribution < -0.4 is 15.5 Å². The number of hydrogen-bond donors (Lipinski definition) is 3. The molecule has 2 aromatic carbocycles. The average molecular weight is 300 g/mol. The van der Waals surface area contributed by atoms with Gasteiger partial charge in [-0.15, -0.1) is 0 Å². The number of carbonyl (C=O) groups excluding carboxylic acids is 2. The van der Waals surface area contributed by atoms with Gasteiger partial charge in [-0.05, 0) is 48.4 Å². The molecule has 6 nitrogen and oxygen atoms in total. The van der Waals surface area contributed by atoms with Crippen LogP contribution in [0, 0.1) is 0 Å². The van der Waals surface area contributed by atoms with Crippen LogP contribution in [0.5, 0.6) is 5.75 Å². The van der Waals surface area contributed by atoms with E-state index < -0.39 is 12.0 Å². The van der Waals surface area contributed by atoms with Crippen molar-refractivity contribution in [2.75, 3.05) is 5.32 Å². The molecular weight excluding hydrogens is 284 g/mol. The predicted octanol–water partition coefficient (Wildman–Crippen LogP) is 2.98. The van der Waals surface area contributed by atoms with Crippen molar-refractivity contribution >= 4 is 17.7 Å². The van der Waals surface area contributed by atoms with E-state index in [1.165, 1.54) is 29.7 Å². The Bertz CT molecular complexity index is 651. The van der Waals surface area contributed by atoms with Crippen LogP contribution >= 0.6 is 0 Å². The number of benzene rings is 2. The quantitative estimate of drug-likeness (QED) is 0.598. The third-order valence-electron chi connectivity index (χ3n) is 3.04. The number of aryl methyl sites for hydroxylation is 1. The van der Waals surface area contributed by atoms with Crippen LogP contribution in [0.15, 0.2) is 48.5 Å². The molecule has 0 spiro atoms. The molecule has 0 aliphatic heterocycles. The monoisotopic (exact) mass is 300 g/mol. The summed E-state index contributed by atoms with van der Waals surface area (Å²) in [5.74, 6) is -0.170. The second-order valence-corrected chi connectivity index (χ2v) is 4.53. The third-order valence-corrected chi connectivity index (χ3v) is 3.04. The third kappa shape index (κ3) is 4.07. The van der Waals surface area contributed by atoms with E-state index in [1.54, 1.807) is 12.1 Å². The first kappa shape index (κ1) is 15.5. The summed E-state index contributed by atoms with van der Waals surface area (Å²) in [6, 6.07) is 13.3. The van der Waals surface area contributed by atoms with Crippen LogP contribution in [0.4, 0.5) is 10.5 Å². The Labute approximate surface area is 127 Å². The van der Waals surface area contributed by atoms with Crippen LogP contribution in [0.3, 0.4) is 0 Å². The Morgan fingerprint density at radius 2 is 1.68 bits per heavy atom. The van der Waals surface area contributed by atoms with Gasteiger partial charge in [0.1, 0.15) is 5.75 Å². The second-order valence-electron chi connectivity index (χ2n) is 4.53. The second kappa shape index (κ2) is 7.24. The summed E-state index contributed by atoms with van der Waals surface area (Å²) < 4.78 is 5.15. The molecule has 0 aromatic heterocycles. The topological polar surface area (TPSA) is 87.7 Å². The van der Waals surface area contributed by atoms with E-state index in [9.17, 15) is 9.59 Å². The molecule has 6 heteroatoms. The zero-order chi connectivity index (χ0) is 15.9. The fourth-order valence-electron chi connectivity index (χ4n) is 1.81. The Morgan fingerprint density at radius 3 is 2.23 bits per heavy atom. The summed E-state index contributed by atoms with van der Waals surface area (Å²) in [4.78, 5) is 22.9.